The van der Waals surface area contributed by atoms with Gasteiger partial charge in [-0.2, -0.15) is 0 Å². The highest BCUT2D eigenvalue weighted by atomic mass is 16.6. The van der Waals surface area contributed by atoms with E-state index in [0.29, 0.717) is 44.2 Å². The SMILES string of the molecule is CCCCOC(=O)N1CC([C@H](C(=O)N2CCC[C@H]3CCCC[C@@H]32)N(Cc2ccc(OC)cc2OC)C2CC2)C1. The number of benzene rings is 1. The molecule has 1 aromatic carbocycles. The standard InChI is InChI=1S/C31H47N3O5/c1-4-5-17-39-31(36)32-19-24(20-32)29(30(35)33-16-8-10-22-9-6-7-11-27(22)33)34(25-13-14-25)21-23-12-15-26(37-2)18-28(23)38-3/h12,15,18,22,24-25,27,29H,4-11,13-14,16-17,19-21H2,1-3H3/t22-,27+,29-/m1/s1. The van der Waals surface area contributed by atoms with Crippen LogP contribution in [-0.2, 0) is 16.1 Å². The Labute approximate surface area is 233 Å². The zero-order chi connectivity index (χ0) is 27.4. The van der Waals surface area contributed by atoms with E-state index in [1.54, 1.807) is 19.1 Å². The summed E-state index contributed by atoms with van der Waals surface area (Å²) in [5.41, 5.74) is 1.06. The number of likely N-dealkylation sites (tertiary alicyclic amines) is 2. The zero-order valence-corrected chi connectivity index (χ0v) is 24.1. The van der Waals surface area contributed by atoms with Crippen molar-refractivity contribution in [3.8, 4) is 11.5 Å². The number of piperidine rings is 1. The van der Waals surface area contributed by atoms with E-state index in [-0.39, 0.29) is 24.0 Å². The maximum atomic E-state index is 14.6. The van der Waals surface area contributed by atoms with Crippen LogP contribution in [0.1, 0.15) is 76.7 Å². The minimum absolute atomic E-state index is 0.102. The number of hydrogen-bond acceptors (Lipinski definition) is 6. The maximum Gasteiger partial charge on any atom is 0.409 e. The Morgan fingerprint density at radius 2 is 1.79 bits per heavy atom. The Morgan fingerprint density at radius 3 is 2.51 bits per heavy atom. The Hall–Kier alpha value is -2.48. The van der Waals surface area contributed by atoms with Crippen LogP contribution in [0.3, 0.4) is 0 Å². The van der Waals surface area contributed by atoms with Gasteiger partial charge in [0.05, 0.1) is 26.9 Å². The molecule has 0 aromatic heterocycles. The third kappa shape index (κ3) is 6.31. The molecule has 8 heteroatoms. The van der Waals surface area contributed by atoms with Crippen LogP contribution >= 0.6 is 0 Å². The van der Waals surface area contributed by atoms with E-state index in [1.807, 2.05) is 12.1 Å². The number of nitrogens with zero attached hydrogens (tertiary/aromatic N) is 3. The lowest BCUT2D eigenvalue weighted by Gasteiger charge is -2.50. The molecule has 3 atom stereocenters. The predicted octanol–water partition coefficient (Wildman–Crippen LogP) is 5.09. The van der Waals surface area contributed by atoms with Crippen molar-refractivity contribution < 1.29 is 23.8 Å². The molecule has 2 aliphatic heterocycles. The van der Waals surface area contributed by atoms with Crippen LogP contribution in [-0.4, -0.2) is 85.3 Å². The molecule has 2 heterocycles. The first-order valence-electron chi connectivity index (χ1n) is 15.2. The van der Waals surface area contributed by atoms with Crippen molar-refractivity contribution in [2.24, 2.45) is 11.8 Å². The highest BCUT2D eigenvalue weighted by Gasteiger charge is 2.50. The molecule has 216 valence electrons. The van der Waals surface area contributed by atoms with Gasteiger partial charge in [0.2, 0.25) is 5.91 Å². The molecule has 0 N–H and O–H groups in total. The van der Waals surface area contributed by atoms with Gasteiger partial charge < -0.3 is 24.0 Å². The van der Waals surface area contributed by atoms with Crippen molar-refractivity contribution in [1.82, 2.24) is 14.7 Å². The lowest BCUT2D eigenvalue weighted by atomic mass is 9.77. The minimum atomic E-state index is -0.246. The van der Waals surface area contributed by atoms with Gasteiger partial charge >= 0.3 is 6.09 Å². The highest BCUT2D eigenvalue weighted by molar-refractivity contribution is 5.83. The number of fused-ring (bicyclic) bond motifs is 1. The monoisotopic (exact) mass is 541 g/mol. The molecular formula is C31H47N3O5. The van der Waals surface area contributed by atoms with Gasteiger partial charge in [0.25, 0.3) is 0 Å². The Balaban J connectivity index is 1.38. The number of methoxy groups -OCH3 is 2. The fourth-order valence-corrected chi connectivity index (χ4v) is 6.98. The highest BCUT2D eigenvalue weighted by Crippen LogP contribution is 2.40. The second kappa shape index (κ2) is 12.8. The zero-order valence-electron chi connectivity index (χ0n) is 24.1. The number of carbonyl (C=O) groups is 2. The molecule has 8 nitrogen and oxygen atoms in total. The van der Waals surface area contributed by atoms with E-state index < -0.39 is 0 Å². The van der Waals surface area contributed by atoms with Crippen LogP contribution in [0.15, 0.2) is 18.2 Å². The number of ether oxygens (including phenoxy) is 3. The summed E-state index contributed by atoms with van der Waals surface area (Å²) in [7, 11) is 3.35. The second-order valence-corrected chi connectivity index (χ2v) is 11.9. The first-order chi connectivity index (χ1) is 19.0. The molecule has 2 aliphatic carbocycles. The fraction of sp³-hybridized carbons (Fsp3) is 0.742. The van der Waals surface area contributed by atoms with Crippen LogP contribution in [0.5, 0.6) is 11.5 Å². The predicted molar refractivity (Wildman–Crippen MR) is 150 cm³/mol. The van der Waals surface area contributed by atoms with Crippen molar-refractivity contribution in [1.29, 1.82) is 0 Å². The summed E-state index contributed by atoms with van der Waals surface area (Å²) in [6.45, 7) is 5.20. The maximum absolute atomic E-state index is 14.6. The molecule has 39 heavy (non-hydrogen) atoms. The van der Waals surface area contributed by atoms with Gasteiger partial charge in [-0.05, 0) is 56.9 Å². The summed E-state index contributed by atoms with van der Waals surface area (Å²) in [6.07, 6.45) is 11.0. The number of unbranched alkanes of at least 4 members (excludes halogenated alkanes) is 1. The first kappa shape index (κ1) is 28.1. The average Bonchev–Trinajstić information content (AvgIpc) is 3.78. The molecule has 2 saturated carbocycles. The van der Waals surface area contributed by atoms with Crippen molar-refractivity contribution in [2.45, 2.75) is 95.8 Å². The summed E-state index contributed by atoms with van der Waals surface area (Å²) < 4.78 is 16.6. The molecule has 0 bridgehead atoms. The number of hydrogen-bond donors (Lipinski definition) is 0. The molecule has 4 aliphatic rings. The molecule has 2 amide bonds. The topological polar surface area (TPSA) is 71.6 Å². The van der Waals surface area contributed by atoms with Gasteiger partial charge in [0.1, 0.15) is 11.5 Å². The van der Waals surface area contributed by atoms with Gasteiger partial charge in [0, 0.05) is 55.8 Å². The lowest BCUT2D eigenvalue weighted by molar-refractivity contribution is -0.149. The first-order valence-corrected chi connectivity index (χ1v) is 15.2. The van der Waals surface area contributed by atoms with Crippen LogP contribution in [0.25, 0.3) is 0 Å². The van der Waals surface area contributed by atoms with Crippen molar-refractivity contribution in [3.05, 3.63) is 23.8 Å². The Kier molecular flexibility index (Phi) is 9.21. The summed E-state index contributed by atoms with van der Waals surface area (Å²) in [5.74, 6) is 2.56. The Bertz CT molecular complexity index is 990. The summed E-state index contributed by atoms with van der Waals surface area (Å²) in [6, 6.07) is 6.45. The summed E-state index contributed by atoms with van der Waals surface area (Å²) in [5, 5.41) is 0. The van der Waals surface area contributed by atoms with Gasteiger partial charge in [0.15, 0.2) is 0 Å². The van der Waals surface area contributed by atoms with E-state index in [0.717, 1.165) is 62.1 Å². The molecule has 0 spiro atoms. The molecule has 0 radical (unpaired) electrons. The normalized spacial score (nSPS) is 24.1. The van der Waals surface area contributed by atoms with Crippen LogP contribution in [0, 0.1) is 11.8 Å². The van der Waals surface area contributed by atoms with Crippen LogP contribution in [0.2, 0.25) is 0 Å². The fourth-order valence-electron chi connectivity index (χ4n) is 6.98. The lowest BCUT2D eigenvalue weighted by Crippen LogP contribution is -2.65. The summed E-state index contributed by atoms with van der Waals surface area (Å²) in [4.78, 5) is 33.7. The van der Waals surface area contributed by atoms with E-state index in [1.165, 1.54) is 25.7 Å². The molecule has 1 aromatic rings. The van der Waals surface area contributed by atoms with Crippen molar-refractivity contribution >= 4 is 12.0 Å². The van der Waals surface area contributed by atoms with E-state index >= 15 is 0 Å². The van der Waals surface area contributed by atoms with Gasteiger partial charge in [-0.1, -0.05) is 32.3 Å². The largest absolute Gasteiger partial charge is 0.497 e. The quantitative estimate of drug-likeness (QED) is 0.364. The van der Waals surface area contributed by atoms with Gasteiger partial charge in [-0.25, -0.2) is 4.79 Å². The molecule has 2 saturated heterocycles. The third-order valence-electron chi connectivity index (χ3n) is 9.34. The molecular weight excluding hydrogens is 494 g/mol. The van der Waals surface area contributed by atoms with Crippen LogP contribution in [0.4, 0.5) is 4.79 Å². The average molecular weight is 542 g/mol. The molecule has 0 unspecified atom stereocenters. The van der Waals surface area contributed by atoms with Crippen molar-refractivity contribution in [3.63, 3.8) is 0 Å². The van der Waals surface area contributed by atoms with Crippen molar-refractivity contribution in [2.75, 3.05) is 40.5 Å². The number of amides is 2. The number of rotatable bonds is 11. The number of carbonyl (C=O) groups excluding carboxylic acids is 2. The summed E-state index contributed by atoms with van der Waals surface area (Å²) >= 11 is 0. The van der Waals surface area contributed by atoms with Gasteiger partial charge in [-0.15, -0.1) is 0 Å². The third-order valence-corrected chi connectivity index (χ3v) is 9.34. The Morgan fingerprint density at radius 1 is 1.03 bits per heavy atom. The van der Waals surface area contributed by atoms with E-state index in [2.05, 4.69) is 22.8 Å². The smallest absolute Gasteiger partial charge is 0.409 e. The molecule has 5 rings (SSSR count). The molecule has 4 fully saturated rings. The van der Waals surface area contributed by atoms with E-state index in [4.69, 9.17) is 14.2 Å². The van der Waals surface area contributed by atoms with Crippen LogP contribution < -0.4 is 9.47 Å². The van der Waals surface area contributed by atoms with Gasteiger partial charge in [-0.3, -0.25) is 9.69 Å². The minimum Gasteiger partial charge on any atom is -0.497 e. The second-order valence-electron chi connectivity index (χ2n) is 11.9. The van der Waals surface area contributed by atoms with E-state index in [9.17, 15) is 9.59 Å².